The van der Waals surface area contributed by atoms with Gasteiger partial charge < -0.3 is 15.3 Å². The fourth-order valence-electron chi connectivity index (χ4n) is 2.25. The Hall–Kier alpha value is -1.55. The standard InChI is InChI=1S/C14H20N2O2/c1-16(10-11-2-4-13(17)5-3-11)14(18)8-12-6-7-15-9-12/h2-5,12,15,17H,6-10H2,1H3. The fourth-order valence-corrected chi connectivity index (χ4v) is 2.25. The molecule has 1 heterocycles. The molecule has 1 aliphatic heterocycles. The third kappa shape index (κ3) is 3.47. The number of aromatic hydroxyl groups is 1. The van der Waals surface area contributed by atoms with Gasteiger partial charge in [0.05, 0.1) is 0 Å². The smallest absolute Gasteiger partial charge is 0.222 e. The molecule has 0 aliphatic carbocycles. The summed E-state index contributed by atoms with van der Waals surface area (Å²) in [5, 5.41) is 12.5. The molecule has 0 saturated carbocycles. The van der Waals surface area contributed by atoms with Crippen LogP contribution in [0.4, 0.5) is 0 Å². The predicted octanol–water partition coefficient (Wildman–Crippen LogP) is 1.35. The van der Waals surface area contributed by atoms with Crippen LogP contribution in [0.2, 0.25) is 0 Å². The molecule has 0 spiro atoms. The lowest BCUT2D eigenvalue weighted by atomic mass is 10.0. The first-order chi connectivity index (χ1) is 8.65. The van der Waals surface area contributed by atoms with E-state index < -0.39 is 0 Å². The SMILES string of the molecule is CN(Cc1ccc(O)cc1)C(=O)CC1CCNC1. The third-order valence-corrected chi connectivity index (χ3v) is 3.41. The number of carbonyl (C=O) groups excluding carboxylic acids is 1. The molecule has 1 aliphatic rings. The Morgan fingerprint density at radius 3 is 2.78 bits per heavy atom. The number of nitrogens with zero attached hydrogens (tertiary/aromatic N) is 1. The molecule has 0 radical (unpaired) electrons. The molecule has 1 fully saturated rings. The molecule has 2 rings (SSSR count). The van der Waals surface area contributed by atoms with Gasteiger partial charge in [0.25, 0.3) is 0 Å². The number of phenolic OH excluding ortho intramolecular Hbond substituents is 1. The van der Waals surface area contributed by atoms with Gasteiger partial charge in [0.15, 0.2) is 0 Å². The second-order valence-corrected chi connectivity index (χ2v) is 4.98. The van der Waals surface area contributed by atoms with Crippen molar-refractivity contribution in [2.75, 3.05) is 20.1 Å². The molecule has 0 bridgehead atoms. The minimum absolute atomic E-state index is 0.191. The molecule has 4 heteroatoms. The van der Waals surface area contributed by atoms with E-state index in [-0.39, 0.29) is 11.7 Å². The van der Waals surface area contributed by atoms with E-state index in [9.17, 15) is 9.90 Å². The number of nitrogens with one attached hydrogen (secondary N) is 1. The van der Waals surface area contributed by atoms with E-state index in [0.717, 1.165) is 25.1 Å². The van der Waals surface area contributed by atoms with Gasteiger partial charge in [0.1, 0.15) is 5.75 Å². The third-order valence-electron chi connectivity index (χ3n) is 3.41. The van der Waals surface area contributed by atoms with Gasteiger partial charge in [0.2, 0.25) is 5.91 Å². The van der Waals surface area contributed by atoms with E-state index in [2.05, 4.69) is 5.32 Å². The van der Waals surface area contributed by atoms with Crippen LogP contribution in [-0.4, -0.2) is 36.1 Å². The normalized spacial score (nSPS) is 18.8. The average molecular weight is 248 g/mol. The summed E-state index contributed by atoms with van der Waals surface area (Å²) in [5.74, 6) is 0.932. The quantitative estimate of drug-likeness (QED) is 0.845. The molecule has 1 unspecified atom stereocenters. The predicted molar refractivity (Wildman–Crippen MR) is 70.2 cm³/mol. The van der Waals surface area contributed by atoms with E-state index in [4.69, 9.17) is 0 Å². The van der Waals surface area contributed by atoms with E-state index >= 15 is 0 Å². The van der Waals surface area contributed by atoms with Gasteiger partial charge in [-0.25, -0.2) is 0 Å². The molecular formula is C14H20N2O2. The van der Waals surface area contributed by atoms with Crippen LogP contribution in [-0.2, 0) is 11.3 Å². The second kappa shape index (κ2) is 5.87. The van der Waals surface area contributed by atoms with Gasteiger partial charge in [-0.2, -0.15) is 0 Å². The Morgan fingerprint density at radius 2 is 2.17 bits per heavy atom. The molecule has 98 valence electrons. The van der Waals surface area contributed by atoms with Gasteiger partial charge in [-0.1, -0.05) is 12.1 Å². The molecule has 1 aromatic rings. The lowest BCUT2D eigenvalue weighted by Crippen LogP contribution is -2.28. The van der Waals surface area contributed by atoms with Crippen LogP contribution < -0.4 is 5.32 Å². The number of hydrogen-bond donors (Lipinski definition) is 2. The van der Waals surface area contributed by atoms with Gasteiger partial charge in [-0.05, 0) is 43.1 Å². The lowest BCUT2D eigenvalue weighted by Gasteiger charge is -2.19. The van der Waals surface area contributed by atoms with Crippen LogP contribution in [0.3, 0.4) is 0 Å². The highest BCUT2D eigenvalue weighted by molar-refractivity contribution is 5.76. The Kier molecular flexibility index (Phi) is 4.20. The summed E-state index contributed by atoms with van der Waals surface area (Å²) in [6.07, 6.45) is 1.72. The molecule has 1 aromatic carbocycles. The van der Waals surface area contributed by atoms with Crippen molar-refractivity contribution in [3.63, 3.8) is 0 Å². The molecule has 4 nitrogen and oxygen atoms in total. The van der Waals surface area contributed by atoms with Crippen molar-refractivity contribution >= 4 is 5.91 Å². The second-order valence-electron chi connectivity index (χ2n) is 4.98. The highest BCUT2D eigenvalue weighted by Crippen LogP contribution is 2.15. The van der Waals surface area contributed by atoms with Crippen LogP contribution in [0.15, 0.2) is 24.3 Å². The van der Waals surface area contributed by atoms with Gasteiger partial charge in [-0.3, -0.25) is 4.79 Å². The number of hydrogen-bond acceptors (Lipinski definition) is 3. The van der Waals surface area contributed by atoms with E-state index in [1.54, 1.807) is 17.0 Å². The van der Waals surface area contributed by atoms with Crippen molar-refractivity contribution in [1.29, 1.82) is 0 Å². The van der Waals surface area contributed by atoms with Crippen molar-refractivity contribution in [2.24, 2.45) is 5.92 Å². The molecule has 18 heavy (non-hydrogen) atoms. The molecule has 1 saturated heterocycles. The summed E-state index contributed by atoms with van der Waals surface area (Å²) >= 11 is 0. The van der Waals surface area contributed by atoms with Crippen molar-refractivity contribution in [3.8, 4) is 5.75 Å². The van der Waals surface area contributed by atoms with Crippen molar-refractivity contribution in [3.05, 3.63) is 29.8 Å². The van der Waals surface area contributed by atoms with E-state index in [1.165, 1.54) is 0 Å². The number of carbonyl (C=O) groups is 1. The summed E-state index contributed by atoms with van der Waals surface area (Å²) < 4.78 is 0. The molecular weight excluding hydrogens is 228 g/mol. The Labute approximate surface area is 108 Å². The van der Waals surface area contributed by atoms with Gasteiger partial charge in [0, 0.05) is 20.0 Å². The van der Waals surface area contributed by atoms with Crippen LogP contribution in [0.1, 0.15) is 18.4 Å². The van der Waals surface area contributed by atoms with Crippen LogP contribution in [0.5, 0.6) is 5.75 Å². The van der Waals surface area contributed by atoms with Crippen molar-refractivity contribution in [2.45, 2.75) is 19.4 Å². The Bertz CT molecular complexity index is 397. The number of phenols is 1. The number of rotatable bonds is 4. The monoisotopic (exact) mass is 248 g/mol. The van der Waals surface area contributed by atoms with Crippen LogP contribution >= 0.6 is 0 Å². The fraction of sp³-hybridized carbons (Fsp3) is 0.500. The Morgan fingerprint density at radius 1 is 1.44 bits per heavy atom. The minimum atomic E-state index is 0.191. The van der Waals surface area contributed by atoms with Crippen LogP contribution in [0, 0.1) is 5.92 Å². The molecule has 1 amide bonds. The molecule has 2 N–H and O–H groups in total. The maximum absolute atomic E-state index is 12.0. The summed E-state index contributed by atoms with van der Waals surface area (Å²) in [6.45, 7) is 2.58. The summed E-state index contributed by atoms with van der Waals surface area (Å²) in [5.41, 5.74) is 1.04. The largest absolute Gasteiger partial charge is 0.508 e. The number of benzene rings is 1. The maximum Gasteiger partial charge on any atom is 0.222 e. The van der Waals surface area contributed by atoms with Crippen LogP contribution in [0.25, 0.3) is 0 Å². The zero-order chi connectivity index (χ0) is 13.0. The molecule has 0 aromatic heterocycles. The highest BCUT2D eigenvalue weighted by atomic mass is 16.3. The lowest BCUT2D eigenvalue weighted by molar-refractivity contribution is -0.131. The van der Waals surface area contributed by atoms with Crippen molar-refractivity contribution < 1.29 is 9.90 Å². The van der Waals surface area contributed by atoms with E-state index in [1.807, 2.05) is 19.2 Å². The summed E-state index contributed by atoms with van der Waals surface area (Å²) in [4.78, 5) is 13.8. The zero-order valence-electron chi connectivity index (χ0n) is 10.7. The number of amides is 1. The maximum atomic E-state index is 12.0. The summed E-state index contributed by atoms with van der Waals surface area (Å²) in [7, 11) is 1.83. The Balaban J connectivity index is 1.84. The summed E-state index contributed by atoms with van der Waals surface area (Å²) in [6, 6.07) is 6.98. The first-order valence-corrected chi connectivity index (χ1v) is 6.38. The zero-order valence-corrected chi connectivity index (χ0v) is 10.7. The first-order valence-electron chi connectivity index (χ1n) is 6.38. The molecule has 1 atom stereocenters. The van der Waals surface area contributed by atoms with E-state index in [0.29, 0.717) is 18.9 Å². The highest BCUT2D eigenvalue weighted by Gasteiger charge is 2.20. The minimum Gasteiger partial charge on any atom is -0.508 e. The van der Waals surface area contributed by atoms with Gasteiger partial charge in [-0.15, -0.1) is 0 Å². The topological polar surface area (TPSA) is 52.6 Å². The van der Waals surface area contributed by atoms with Gasteiger partial charge >= 0.3 is 0 Å². The van der Waals surface area contributed by atoms with Crippen molar-refractivity contribution in [1.82, 2.24) is 10.2 Å². The average Bonchev–Trinajstić information content (AvgIpc) is 2.85. The first kappa shape index (κ1) is 12.9.